The van der Waals surface area contributed by atoms with E-state index in [1.807, 2.05) is 30.3 Å². The number of benzene rings is 1. The molecule has 21 heavy (non-hydrogen) atoms. The number of Topliss-reactive ketones (excluding diaryl/α,β-unsaturated/α-hetero) is 1. The molecule has 1 aliphatic rings. The highest BCUT2D eigenvalue weighted by molar-refractivity contribution is 8.00. The summed E-state index contributed by atoms with van der Waals surface area (Å²) in [6.45, 7) is 0. The first-order valence-electron chi connectivity index (χ1n) is 6.60. The third-order valence-corrected chi connectivity index (χ3v) is 4.58. The van der Waals surface area contributed by atoms with E-state index in [1.165, 1.54) is 0 Å². The predicted molar refractivity (Wildman–Crippen MR) is 80.1 cm³/mol. The molecule has 1 fully saturated rings. The molecule has 0 saturated carbocycles. The Bertz CT molecular complexity index is 830. The van der Waals surface area contributed by atoms with Gasteiger partial charge in [-0.2, -0.15) is 16.7 Å². The summed E-state index contributed by atoms with van der Waals surface area (Å²) >= 11 is 1.61. The van der Waals surface area contributed by atoms with Crippen molar-refractivity contribution in [1.82, 2.24) is 15.1 Å². The van der Waals surface area contributed by atoms with Crippen LogP contribution in [0.25, 0.3) is 22.3 Å². The molecule has 5 nitrogen and oxygen atoms in total. The van der Waals surface area contributed by atoms with Crippen LogP contribution in [-0.4, -0.2) is 32.4 Å². The van der Waals surface area contributed by atoms with Gasteiger partial charge in [0, 0.05) is 22.9 Å². The Hall–Kier alpha value is -2.21. The highest BCUT2D eigenvalue weighted by atomic mass is 32.2. The highest BCUT2D eigenvalue weighted by Crippen LogP contribution is 2.30. The average molecular weight is 297 g/mol. The highest BCUT2D eigenvalue weighted by Gasteiger charge is 2.31. The van der Waals surface area contributed by atoms with E-state index in [4.69, 9.17) is 4.52 Å². The van der Waals surface area contributed by atoms with Crippen LogP contribution in [0.2, 0.25) is 0 Å². The largest absolute Gasteiger partial charge is 0.338 e. The predicted octanol–water partition coefficient (Wildman–Crippen LogP) is 2.68. The quantitative estimate of drug-likeness (QED) is 0.724. The smallest absolute Gasteiger partial charge is 0.238 e. The molecule has 0 N–H and O–H groups in total. The van der Waals surface area contributed by atoms with E-state index in [-0.39, 0.29) is 11.7 Å². The summed E-state index contributed by atoms with van der Waals surface area (Å²) in [5.41, 5.74) is 1.79. The van der Waals surface area contributed by atoms with Gasteiger partial charge in [-0.15, -0.1) is 0 Å². The summed E-state index contributed by atoms with van der Waals surface area (Å²) < 4.78 is 5.27. The molecular weight excluding hydrogens is 286 g/mol. The van der Waals surface area contributed by atoms with Crippen molar-refractivity contribution in [3.63, 3.8) is 0 Å². The molecule has 0 radical (unpaired) electrons. The maximum Gasteiger partial charge on any atom is 0.238 e. The normalized spacial score (nSPS) is 18.5. The van der Waals surface area contributed by atoms with Crippen LogP contribution in [-0.2, 0) is 4.79 Å². The van der Waals surface area contributed by atoms with Crippen molar-refractivity contribution in [2.45, 2.75) is 5.92 Å². The van der Waals surface area contributed by atoms with E-state index in [1.54, 1.807) is 18.0 Å². The minimum Gasteiger partial charge on any atom is -0.338 e. The van der Waals surface area contributed by atoms with Crippen LogP contribution >= 0.6 is 11.8 Å². The van der Waals surface area contributed by atoms with Gasteiger partial charge in [-0.1, -0.05) is 11.2 Å². The van der Waals surface area contributed by atoms with Crippen molar-refractivity contribution < 1.29 is 9.32 Å². The number of carbonyl (C=O) groups is 1. The Kier molecular flexibility index (Phi) is 2.96. The number of carbonyl (C=O) groups excluding carboxylic acids is 1. The van der Waals surface area contributed by atoms with Crippen LogP contribution < -0.4 is 0 Å². The van der Waals surface area contributed by atoms with Crippen LogP contribution in [0.1, 0.15) is 11.8 Å². The summed E-state index contributed by atoms with van der Waals surface area (Å²) in [6, 6.07) is 9.70. The monoisotopic (exact) mass is 297 g/mol. The van der Waals surface area contributed by atoms with E-state index < -0.39 is 0 Å². The van der Waals surface area contributed by atoms with E-state index in [0.717, 1.165) is 22.2 Å². The second-order valence-corrected chi connectivity index (χ2v) is 5.93. The van der Waals surface area contributed by atoms with Crippen molar-refractivity contribution in [3.8, 4) is 11.4 Å². The minimum atomic E-state index is -0.252. The molecule has 3 aromatic rings. The van der Waals surface area contributed by atoms with Crippen LogP contribution in [0.5, 0.6) is 0 Å². The maximum absolute atomic E-state index is 11.7. The number of pyridine rings is 1. The fourth-order valence-electron chi connectivity index (χ4n) is 2.39. The molecule has 2 aromatic heterocycles. The molecule has 6 heteroatoms. The minimum absolute atomic E-state index is 0.165. The van der Waals surface area contributed by atoms with Gasteiger partial charge in [0.25, 0.3) is 0 Å². The molecule has 1 unspecified atom stereocenters. The molecule has 1 aliphatic heterocycles. The number of hydrogen-bond donors (Lipinski definition) is 0. The van der Waals surface area contributed by atoms with Crippen LogP contribution in [0.4, 0.5) is 0 Å². The summed E-state index contributed by atoms with van der Waals surface area (Å²) in [6.07, 6.45) is 1.76. The fourth-order valence-corrected chi connectivity index (χ4v) is 3.47. The summed E-state index contributed by atoms with van der Waals surface area (Å²) in [7, 11) is 0. The average Bonchev–Trinajstić information content (AvgIpc) is 3.15. The van der Waals surface area contributed by atoms with Gasteiger partial charge >= 0.3 is 0 Å². The van der Waals surface area contributed by atoms with Gasteiger partial charge in [0.1, 0.15) is 5.92 Å². The van der Waals surface area contributed by atoms with E-state index >= 15 is 0 Å². The van der Waals surface area contributed by atoms with Crippen LogP contribution in [0.15, 0.2) is 41.1 Å². The Morgan fingerprint density at radius 1 is 1.29 bits per heavy atom. The third-order valence-electron chi connectivity index (χ3n) is 3.52. The second kappa shape index (κ2) is 4.96. The zero-order chi connectivity index (χ0) is 14.2. The molecular formula is C15H11N3O2S. The zero-order valence-corrected chi connectivity index (χ0v) is 11.8. The fraction of sp³-hybridized carbons (Fsp3) is 0.200. The van der Waals surface area contributed by atoms with Crippen molar-refractivity contribution in [2.24, 2.45) is 0 Å². The molecule has 0 aliphatic carbocycles. The first kappa shape index (κ1) is 12.5. The molecule has 1 saturated heterocycles. The first-order chi connectivity index (χ1) is 10.3. The summed E-state index contributed by atoms with van der Waals surface area (Å²) in [5, 5.41) is 5.03. The Balaban J connectivity index is 1.72. The molecule has 0 amide bonds. The lowest BCUT2D eigenvalue weighted by atomic mass is 10.1. The number of thioether (sulfide) groups is 1. The van der Waals surface area contributed by atoms with Crippen molar-refractivity contribution in [2.75, 3.05) is 11.5 Å². The Labute approximate surface area is 124 Å². The molecule has 1 aromatic carbocycles. The van der Waals surface area contributed by atoms with E-state index in [9.17, 15) is 4.79 Å². The summed E-state index contributed by atoms with van der Waals surface area (Å²) in [4.78, 5) is 20.4. The standard InChI is InChI=1S/C15H11N3O2S/c19-13-8-21-7-11(13)15-17-14(18-20-15)10-3-4-12-9(6-10)2-1-5-16-12/h1-6,11H,7-8H2. The van der Waals surface area contributed by atoms with Gasteiger partial charge in [-0.3, -0.25) is 9.78 Å². The topological polar surface area (TPSA) is 68.9 Å². The molecule has 1 atom stereocenters. The molecule has 3 heterocycles. The van der Waals surface area contributed by atoms with Crippen LogP contribution in [0, 0.1) is 0 Å². The third kappa shape index (κ3) is 2.21. The molecule has 0 spiro atoms. The number of hydrogen-bond acceptors (Lipinski definition) is 6. The van der Waals surface area contributed by atoms with Crippen molar-refractivity contribution in [3.05, 3.63) is 42.4 Å². The van der Waals surface area contributed by atoms with Crippen molar-refractivity contribution in [1.29, 1.82) is 0 Å². The lowest BCUT2D eigenvalue weighted by molar-refractivity contribution is -0.117. The number of fused-ring (bicyclic) bond motifs is 1. The van der Waals surface area contributed by atoms with Gasteiger partial charge in [0.2, 0.25) is 11.7 Å². The van der Waals surface area contributed by atoms with Gasteiger partial charge in [0.15, 0.2) is 5.78 Å². The van der Waals surface area contributed by atoms with Gasteiger partial charge in [-0.05, 0) is 24.3 Å². The van der Waals surface area contributed by atoms with E-state index in [0.29, 0.717) is 17.5 Å². The number of aromatic nitrogens is 3. The Morgan fingerprint density at radius 3 is 3.10 bits per heavy atom. The number of rotatable bonds is 2. The molecule has 0 bridgehead atoms. The second-order valence-electron chi connectivity index (χ2n) is 4.90. The van der Waals surface area contributed by atoms with Gasteiger partial charge in [-0.25, -0.2) is 0 Å². The van der Waals surface area contributed by atoms with E-state index in [2.05, 4.69) is 15.1 Å². The van der Waals surface area contributed by atoms with Crippen LogP contribution in [0.3, 0.4) is 0 Å². The number of ketones is 1. The lowest BCUT2D eigenvalue weighted by Gasteiger charge is -1.99. The SMILES string of the molecule is O=C1CSCC1c1nc(-c2ccc3ncccc3c2)no1. The maximum atomic E-state index is 11.7. The Morgan fingerprint density at radius 2 is 2.24 bits per heavy atom. The summed E-state index contributed by atoms with van der Waals surface area (Å²) in [5.74, 6) is 2.11. The zero-order valence-electron chi connectivity index (χ0n) is 11.0. The van der Waals surface area contributed by atoms with Gasteiger partial charge in [0.05, 0.1) is 11.3 Å². The van der Waals surface area contributed by atoms with Crippen molar-refractivity contribution >= 4 is 28.4 Å². The molecule has 4 rings (SSSR count). The lowest BCUT2D eigenvalue weighted by Crippen LogP contribution is -2.09. The molecule has 104 valence electrons. The first-order valence-corrected chi connectivity index (χ1v) is 7.76. The number of nitrogens with zero attached hydrogens (tertiary/aromatic N) is 3. The van der Waals surface area contributed by atoms with Gasteiger partial charge < -0.3 is 4.52 Å².